The topological polar surface area (TPSA) is 66.4 Å². The molecule has 2 aromatic carbocycles. The molecule has 6 nitrogen and oxygen atoms in total. The van der Waals surface area contributed by atoms with Gasteiger partial charge in [-0.1, -0.05) is 59.7 Å². The Balaban J connectivity index is 1.37. The lowest BCUT2D eigenvalue weighted by atomic mass is 10.1. The molecule has 0 unspecified atom stereocenters. The van der Waals surface area contributed by atoms with Crippen LogP contribution in [0.1, 0.15) is 16.7 Å². The lowest BCUT2D eigenvalue weighted by Crippen LogP contribution is -2.48. The van der Waals surface area contributed by atoms with Crippen LogP contribution in [0.5, 0.6) is 0 Å². The van der Waals surface area contributed by atoms with Gasteiger partial charge in [0.05, 0.1) is 5.69 Å². The number of hydrogen-bond acceptors (Lipinski definition) is 5. The molecular formula is C24H26N4O2S. The van der Waals surface area contributed by atoms with Gasteiger partial charge >= 0.3 is 0 Å². The predicted octanol–water partition coefficient (Wildman–Crippen LogP) is 3.88. The molecular weight excluding hydrogens is 408 g/mol. The van der Waals surface area contributed by atoms with Crippen LogP contribution in [0.25, 0.3) is 17.3 Å². The molecule has 0 radical (unpaired) electrons. The number of piperazine rings is 1. The molecule has 4 rings (SSSR count). The highest BCUT2D eigenvalue weighted by Crippen LogP contribution is 2.21. The average Bonchev–Trinajstić information content (AvgIpc) is 2.79. The van der Waals surface area contributed by atoms with Crippen molar-refractivity contribution < 1.29 is 8.42 Å². The molecule has 1 aromatic heterocycles. The van der Waals surface area contributed by atoms with Crippen LogP contribution in [0.3, 0.4) is 0 Å². The first-order valence-electron chi connectivity index (χ1n) is 10.3. The van der Waals surface area contributed by atoms with E-state index in [-0.39, 0.29) is 0 Å². The van der Waals surface area contributed by atoms with E-state index in [9.17, 15) is 8.42 Å². The SMILES string of the molecule is Cc1ccc(/C=C\S(=O)(=O)N2CCN(c3ccc(-c4ccc(C)cc4)nn3)CC2)cc1. The summed E-state index contributed by atoms with van der Waals surface area (Å²) in [4.78, 5) is 2.07. The highest BCUT2D eigenvalue weighted by molar-refractivity contribution is 7.92. The van der Waals surface area contributed by atoms with E-state index in [4.69, 9.17) is 0 Å². The van der Waals surface area contributed by atoms with E-state index < -0.39 is 10.0 Å². The van der Waals surface area contributed by atoms with Crippen molar-refractivity contribution in [2.45, 2.75) is 13.8 Å². The largest absolute Gasteiger partial charge is 0.352 e. The smallest absolute Gasteiger partial charge is 0.236 e. The van der Waals surface area contributed by atoms with Crippen LogP contribution in [0.4, 0.5) is 5.82 Å². The molecule has 0 amide bonds. The van der Waals surface area contributed by atoms with Gasteiger partial charge in [0.2, 0.25) is 10.0 Å². The lowest BCUT2D eigenvalue weighted by molar-refractivity contribution is 0.388. The second-order valence-electron chi connectivity index (χ2n) is 7.79. The molecule has 1 saturated heterocycles. The zero-order chi connectivity index (χ0) is 21.8. The zero-order valence-corrected chi connectivity index (χ0v) is 18.6. The van der Waals surface area contributed by atoms with E-state index in [2.05, 4.69) is 34.2 Å². The van der Waals surface area contributed by atoms with Gasteiger partial charge in [0.15, 0.2) is 5.82 Å². The van der Waals surface area contributed by atoms with Crippen LogP contribution in [-0.4, -0.2) is 49.1 Å². The molecule has 0 N–H and O–H groups in total. The number of hydrogen-bond donors (Lipinski definition) is 0. The standard InChI is InChI=1S/C24H26N4O2S/c1-19-3-7-21(8-4-19)13-18-31(29,30)28-16-14-27(15-17-28)24-12-11-23(25-26-24)22-9-5-20(2)6-10-22/h3-13,18H,14-17H2,1-2H3/b18-13-. The summed E-state index contributed by atoms with van der Waals surface area (Å²) in [6.45, 7) is 6.05. The monoisotopic (exact) mass is 434 g/mol. The Morgan fingerprint density at radius 2 is 1.39 bits per heavy atom. The van der Waals surface area contributed by atoms with Crippen LogP contribution >= 0.6 is 0 Å². The van der Waals surface area contributed by atoms with Crippen molar-refractivity contribution in [1.82, 2.24) is 14.5 Å². The number of benzene rings is 2. The molecule has 0 atom stereocenters. The van der Waals surface area contributed by atoms with Crippen molar-refractivity contribution in [3.05, 3.63) is 82.8 Å². The normalized spacial score (nSPS) is 15.5. The first kappa shape index (κ1) is 21.2. The van der Waals surface area contributed by atoms with Crippen LogP contribution in [0, 0.1) is 13.8 Å². The molecule has 1 fully saturated rings. The number of nitrogens with zero attached hydrogens (tertiary/aromatic N) is 4. The maximum atomic E-state index is 12.7. The Kier molecular flexibility index (Phi) is 6.15. The molecule has 0 saturated carbocycles. The van der Waals surface area contributed by atoms with Crippen LogP contribution in [0.15, 0.2) is 66.1 Å². The summed E-state index contributed by atoms with van der Waals surface area (Å²) in [5.74, 6) is 0.767. The first-order valence-corrected chi connectivity index (χ1v) is 11.8. The predicted molar refractivity (Wildman–Crippen MR) is 125 cm³/mol. The van der Waals surface area contributed by atoms with Gasteiger partial charge in [-0.3, -0.25) is 0 Å². The molecule has 0 spiro atoms. The highest BCUT2D eigenvalue weighted by Gasteiger charge is 2.25. The molecule has 3 aromatic rings. The van der Waals surface area contributed by atoms with E-state index in [1.807, 2.05) is 55.5 Å². The van der Waals surface area contributed by atoms with Crippen LogP contribution in [-0.2, 0) is 10.0 Å². The Morgan fingerprint density at radius 3 is 1.97 bits per heavy atom. The van der Waals surface area contributed by atoms with E-state index in [1.54, 1.807) is 6.08 Å². The van der Waals surface area contributed by atoms with Gasteiger partial charge in [-0.25, -0.2) is 8.42 Å². The molecule has 160 valence electrons. The van der Waals surface area contributed by atoms with Crippen LogP contribution in [0.2, 0.25) is 0 Å². The fraction of sp³-hybridized carbons (Fsp3) is 0.250. The third-order valence-corrected chi connectivity index (χ3v) is 7.00. The maximum absolute atomic E-state index is 12.7. The summed E-state index contributed by atoms with van der Waals surface area (Å²) in [6.07, 6.45) is 1.65. The summed E-state index contributed by atoms with van der Waals surface area (Å²) in [6, 6.07) is 19.8. The van der Waals surface area contributed by atoms with Crippen molar-refractivity contribution in [3.63, 3.8) is 0 Å². The summed E-state index contributed by atoms with van der Waals surface area (Å²) < 4.78 is 26.9. The Hall–Kier alpha value is -3.03. The molecule has 1 aliphatic heterocycles. The van der Waals surface area contributed by atoms with Crippen molar-refractivity contribution in [2.75, 3.05) is 31.1 Å². The van der Waals surface area contributed by atoms with Crippen molar-refractivity contribution in [2.24, 2.45) is 0 Å². The molecule has 7 heteroatoms. The van der Waals surface area contributed by atoms with E-state index in [1.165, 1.54) is 15.3 Å². The van der Waals surface area contributed by atoms with Crippen molar-refractivity contribution in [1.29, 1.82) is 0 Å². The fourth-order valence-electron chi connectivity index (χ4n) is 3.47. The molecule has 0 aliphatic carbocycles. The van der Waals surface area contributed by atoms with Gasteiger partial charge in [-0.2, -0.15) is 4.31 Å². The van der Waals surface area contributed by atoms with Gasteiger partial charge in [0.25, 0.3) is 0 Å². The first-order chi connectivity index (χ1) is 14.9. The minimum Gasteiger partial charge on any atom is -0.352 e. The molecule has 1 aliphatic rings. The Bertz CT molecular complexity index is 1150. The Morgan fingerprint density at radius 1 is 0.774 bits per heavy atom. The number of aryl methyl sites for hydroxylation is 2. The average molecular weight is 435 g/mol. The van der Waals surface area contributed by atoms with Crippen molar-refractivity contribution >= 4 is 21.9 Å². The van der Waals surface area contributed by atoms with Gasteiger partial charge in [0, 0.05) is 37.2 Å². The number of sulfonamides is 1. The van der Waals surface area contributed by atoms with Gasteiger partial charge in [-0.05, 0) is 37.6 Å². The lowest BCUT2D eigenvalue weighted by Gasteiger charge is -2.33. The minimum absolute atomic E-state index is 0.419. The van der Waals surface area contributed by atoms with Gasteiger partial charge < -0.3 is 4.90 Å². The van der Waals surface area contributed by atoms with E-state index >= 15 is 0 Å². The number of rotatable bonds is 5. The number of aromatic nitrogens is 2. The molecule has 31 heavy (non-hydrogen) atoms. The summed E-state index contributed by atoms with van der Waals surface area (Å²) in [5.41, 5.74) is 5.07. The quantitative estimate of drug-likeness (QED) is 0.610. The fourth-order valence-corrected chi connectivity index (χ4v) is 4.65. The summed E-state index contributed by atoms with van der Waals surface area (Å²) in [5, 5.41) is 10.0. The van der Waals surface area contributed by atoms with Crippen molar-refractivity contribution in [3.8, 4) is 11.3 Å². The molecule has 0 bridgehead atoms. The van der Waals surface area contributed by atoms with E-state index in [0.717, 1.165) is 28.2 Å². The summed E-state index contributed by atoms with van der Waals surface area (Å²) >= 11 is 0. The molecule has 2 heterocycles. The zero-order valence-electron chi connectivity index (χ0n) is 17.8. The third kappa shape index (κ3) is 5.18. The highest BCUT2D eigenvalue weighted by atomic mass is 32.2. The minimum atomic E-state index is -3.45. The van der Waals surface area contributed by atoms with Crippen LogP contribution < -0.4 is 4.90 Å². The van der Waals surface area contributed by atoms with E-state index in [0.29, 0.717) is 26.2 Å². The second-order valence-corrected chi connectivity index (χ2v) is 9.61. The summed E-state index contributed by atoms with van der Waals surface area (Å²) in [7, 11) is -3.45. The number of anilines is 1. The third-order valence-electron chi connectivity index (χ3n) is 5.43. The van der Waals surface area contributed by atoms with Gasteiger partial charge in [-0.15, -0.1) is 10.2 Å². The second kappa shape index (κ2) is 8.99. The maximum Gasteiger partial charge on any atom is 0.236 e. The Labute approximate surface area is 183 Å². The van der Waals surface area contributed by atoms with Gasteiger partial charge in [0.1, 0.15) is 0 Å².